The molecule has 1 fully saturated rings. The van der Waals surface area contributed by atoms with E-state index in [0.717, 1.165) is 6.92 Å². The molecule has 1 aliphatic carbocycles. The zero-order chi connectivity index (χ0) is 26.4. The normalized spacial score (nSPS) is 32.1. The van der Waals surface area contributed by atoms with E-state index >= 15 is 0 Å². The standard InChI is InChI=1S/C20H28N6O2/c1-13-4-5-14(8-13)17(6-7-21)26-11-15(10-25-26)19-16(9-18(27-2)28-3)20(22)24-12-23-19/h10-14,17-18H,4-6,8-9H2,1-3H3,(H2,22,23,24)/t13?,14?,17-/m1/s1/i4D2,5D2,8D2,13D. The fourth-order valence-electron chi connectivity index (χ4n) is 3.09. The van der Waals surface area contributed by atoms with Crippen molar-refractivity contribution in [1.29, 1.82) is 5.26 Å². The molecule has 2 N–H and O–H groups in total. The third-order valence-electron chi connectivity index (χ3n) is 4.56. The molecular weight excluding hydrogens is 356 g/mol. The SMILES string of the molecule is [2H]C1([2H])C([C@@H](CC#N)n2cc(-c3ncnc(N)c3CC(OC)OC)cn2)C([2H])([2H])C([2H])(C)C1([2H])[2H]. The van der Waals surface area contributed by atoms with Gasteiger partial charge in [-0.2, -0.15) is 10.4 Å². The molecule has 0 aliphatic heterocycles. The molecule has 3 atom stereocenters. The summed E-state index contributed by atoms with van der Waals surface area (Å²) in [5.74, 6) is -3.90. The van der Waals surface area contributed by atoms with Gasteiger partial charge in [0.2, 0.25) is 0 Å². The second-order valence-corrected chi connectivity index (χ2v) is 6.35. The summed E-state index contributed by atoms with van der Waals surface area (Å²) >= 11 is 0. The Morgan fingerprint density at radius 2 is 2.21 bits per heavy atom. The van der Waals surface area contributed by atoms with E-state index in [4.69, 9.17) is 24.8 Å². The number of nitriles is 1. The smallest absolute Gasteiger partial charge is 0.161 e. The predicted octanol–water partition coefficient (Wildman–Crippen LogP) is 2.97. The zero-order valence-electron chi connectivity index (χ0n) is 23.0. The van der Waals surface area contributed by atoms with E-state index in [0.29, 0.717) is 16.8 Å². The second kappa shape index (κ2) is 9.13. The first-order valence-electron chi connectivity index (χ1n) is 12.3. The molecule has 2 aromatic rings. The van der Waals surface area contributed by atoms with Crippen LogP contribution in [0.2, 0.25) is 0 Å². The number of hydrogen-bond acceptors (Lipinski definition) is 7. The van der Waals surface area contributed by atoms with E-state index < -0.39 is 43.3 Å². The van der Waals surface area contributed by atoms with Crippen LogP contribution in [-0.4, -0.2) is 40.3 Å². The molecule has 0 saturated heterocycles. The van der Waals surface area contributed by atoms with Crippen LogP contribution in [-0.2, 0) is 15.9 Å². The summed E-state index contributed by atoms with van der Waals surface area (Å²) in [7, 11) is 2.95. The quantitative estimate of drug-likeness (QED) is 0.688. The van der Waals surface area contributed by atoms with Gasteiger partial charge in [-0.3, -0.25) is 4.68 Å². The lowest BCUT2D eigenvalue weighted by molar-refractivity contribution is -0.100. The molecule has 150 valence electrons. The number of methoxy groups -OCH3 is 2. The van der Waals surface area contributed by atoms with E-state index in [2.05, 4.69) is 15.1 Å². The molecule has 8 nitrogen and oxygen atoms in total. The van der Waals surface area contributed by atoms with Gasteiger partial charge in [0.1, 0.15) is 12.1 Å². The van der Waals surface area contributed by atoms with Crippen molar-refractivity contribution in [3.05, 3.63) is 24.3 Å². The van der Waals surface area contributed by atoms with E-state index in [1.54, 1.807) is 0 Å². The first kappa shape index (κ1) is 12.9. The number of rotatable bonds is 8. The summed E-state index contributed by atoms with van der Waals surface area (Å²) in [6.45, 7) is 1.04. The number of anilines is 1. The fourth-order valence-corrected chi connectivity index (χ4v) is 3.09. The molecule has 0 amide bonds. The first-order chi connectivity index (χ1) is 16.2. The van der Waals surface area contributed by atoms with Gasteiger partial charge in [0, 0.05) is 47.6 Å². The zero-order valence-corrected chi connectivity index (χ0v) is 16.0. The van der Waals surface area contributed by atoms with Crippen LogP contribution in [0.4, 0.5) is 5.82 Å². The minimum atomic E-state index is -2.83. The van der Waals surface area contributed by atoms with Gasteiger partial charge < -0.3 is 15.2 Å². The highest BCUT2D eigenvalue weighted by Gasteiger charge is 2.30. The Morgan fingerprint density at radius 1 is 1.43 bits per heavy atom. The van der Waals surface area contributed by atoms with Gasteiger partial charge >= 0.3 is 0 Å². The Kier molecular flexibility index (Phi) is 4.19. The van der Waals surface area contributed by atoms with Crippen LogP contribution >= 0.6 is 0 Å². The Hall–Kier alpha value is -2.50. The number of aromatic nitrogens is 4. The van der Waals surface area contributed by atoms with Gasteiger partial charge in [-0.25, -0.2) is 9.97 Å². The molecular formula is C20H28N6O2. The van der Waals surface area contributed by atoms with E-state index in [-0.39, 0.29) is 18.7 Å². The molecule has 8 heteroatoms. The average Bonchev–Trinajstić information content (AvgIpc) is 3.28. The Morgan fingerprint density at radius 3 is 2.86 bits per heavy atom. The van der Waals surface area contributed by atoms with Crippen LogP contribution in [0.3, 0.4) is 0 Å². The number of hydrogen-bond donors (Lipinski definition) is 1. The van der Waals surface area contributed by atoms with Crippen LogP contribution in [0.1, 0.15) is 53.7 Å². The average molecular weight is 392 g/mol. The molecule has 0 bridgehead atoms. The lowest BCUT2D eigenvalue weighted by Gasteiger charge is -2.21. The Labute approximate surface area is 175 Å². The molecule has 2 unspecified atom stereocenters. The van der Waals surface area contributed by atoms with Gasteiger partial charge in [0.05, 0.1) is 30.4 Å². The van der Waals surface area contributed by atoms with Crippen LogP contribution in [0.5, 0.6) is 0 Å². The summed E-state index contributed by atoms with van der Waals surface area (Å²) in [5, 5.41) is 13.7. The maximum absolute atomic E-state index is 9.48. The van der Waals surface area contributed by atoms with Crippen molar-refractivity contribution in [2.24, 2.45) is 11.8 Å². The van der Waals surface area contributed by atoms with E-state index in [9.17, 15) is 5.26 Å². The van der Waals surface area contributed by atoms with Crippen molar-refractivity contribution in [2.45, 2.75) is 51.2 Å². The number of nitrogens with zero attached hydrogens (tertiary/aromatic N) is 5. The van der Waals surface area contributed by atoms with Gasteiger partial charge in [-0.15, -0.1) is 0 Å². The summed E-state index contributed by atoms with van der Waals surface area (Å²) < 4.78 is 70.7. The Balaban J connectivity index is 2.10. The van der Waals surface area contributed by atoms with Crippen molar-refractivity contribution in [2.75, 3.05) is 20.0 Å². The highest BCUT2D eigenvalue weighted by molar-refractivity contribution is 5.66. The lowest BCUT2D eigenvalue weighted by atomic mass is 9.95. The lowest BCUT2D eigenvalue weighted by Crippen LogP contribution is -2.18. The maximum atomic E-state index is 9.48. The predicted molar refractivity (Wildman–Crippen MR) is 105 cm³/mol. The topological polar surface area (TPSA) is 112 Å². The van der Waals surface area contributed by atoms with Crippen LogP contribution in [0, 0.1) is 23.1 Å². The third kappa shape index (κ3) is 4.32. The molecule has 1 saturated carbocycles. The second-order valence-electron chi connectivity index (χ2n) is 6.35. The minimum Gasteiger partial charge on any atom is -0.383 e. The monoisotopic (exact) mass is 391 g/mol. The molecule has 2 aromatic heterocycles. The number of nitrogens with two attached hydrogens (primary N) is 1. The summed E-state index contributed by atoms with van der Waals surface area (Å²) in [6, 6.07) is 0.728. The van der Waals surface area contributed by atoms with Crippen molar-refractivity contribution in [1.82, 2.24) is 19.7 Å². The van der Waals surface area contributed by atoms with Crippen LogP contribution in [0.15, 0.2) is 18.7 Å². The number of ether oxygens (including phenoxy) is 2. The van der Waals surface area contributed by atoms with Gasteiger partial charge in [0.15, 0.2) is 6.29 Å². The van der Waals surface area contributed by atoms with Gasteiger partial charge in [-0.05, 0) is 24.6 Å². The van der Waals surface area contributed by atoms with Crippen LogP contribution in [0.25, 0.3) is 11.3 Å². The highest BCUT2D eigenvalue weighted by Crippen LogP contribution is 2.39. The van der Waals surface area contributed by atoms with Crippen molar-refractivity contribution in [3.63, 3.8) is 0 Å². The molecule has 1 aliphatic rings. The van der Waals surface area contributed by atoms with Gasteiger partial charge in [-0.1, -0.05) is 13.3 Å². The van der Waals surface area contributed by atoms with Crippen molar-refractivity contribution >= 4 is 5.82 Å². The van der Waals surface area contributed by atoms with E-state index in [1.807, 2.05) is 6.07 Å². The molecule has 2 heterocycles. The van der Waals surface area contributed by atoms with E-state index in [1.165, 1.54) is 37.6 Å². The first-order valence-corrected chi connectivity index (χ1v) is 8.75. The maximum Gasteiger partial charge on any atom is 0.161 e. The molecule has 0 spiro atoms. The minimum absolute atomic E-state index is 0.192. The number of nitrogen functional groups attached to an aromatic ring is 1. The van der Waals surface area contributed by atoms with Crippen LogP contribution < -0.4 is 5.73 Å². The summed E-state index contributed by atoms with van der Waals surface area (Å²) in [6.07, 6.45) is -4.83. The van der Waals surface area contributed by atoms with Crippen molar-refractivity contribution < 1.29 is 19.1 Å². The summed E-state index contributed by atoms with van der Waals surface area (Å²) in [5.41, 5.74) is 7.42. The third-order valence-corrected chi connectivity index (χ3v) is 4.56. The molecule has 3 rings (SSSR count). The Bertz CT molecular complexity index is 1090. The fraction of sp³-hybridized carbons (Fsp3) is 0.600. The summed E-state index contributed by atoms with van der Waals surface area (Å²) in [4.78, 5) is 8.31. The van der Waals surface area contributed by atoms with Crippen molar-refractivity contribution in [3.8, 4) is 17.3 Å². The molecule has 28 heavy (non-hydrogen) atoms. The largest absolute Gasteiger partial charge is 0.383 e. The van der Waals surface area contributed by atoms with Gasteiger partial charge in [0.25, 0.3) is 0 Å². The molecule has 0 radical (unpaired) electrons. The highest BCUT2D eigenvalue weighted by atomic mass is 16.7. The molecule has 0 aromatic carbocycles.